The minimum Gasteiger partial charge on any atom is -0.392 e. The van der Waals surface area contributed by atoms with E-state index in [1.807, 2.05) is 19.1 Å². The molecule has 1 fully saturated rings. The number of aliphatic hydroxyl groups excluding tert-OH is 1. The molecule has 4 heteroatoms. The smallest absolute Gasteiger partial charge is 0.129 e. The summed E-state index contributed by atoms with van der Waals surface area (Å²) in [5.74, 6) is 0.933. The highest BCUT2D eigenvalue weighted by atomic mass is 16.5. The Labute approximate surface area is 109 Å². The van der Waals surface area contributed by atoms with Gasteiger partial charge in [-0.2, -0.15) is 0 Å². The van der Waals surface area contributed by atoms with Gasteiger partial charge in [-0.25, -0.2) is 4.98 Å². The topological polar surface area (TPSA) is 45.6 Å². The molecule has 1 saturated heterocycles. The van der Waals surface area contributed by atoms with Gasteiger partial charge in [0, 0.05) is 18.8 Å². The van der Waals surface area contributed by atoms with Crippen LogP contribution < -0.4 is 4.90 Å². The number of aliphatic hydroxyl groups is 1. The first-order chi connectivity index (χ1) is 8.39. The van der Waals surface area contributed by atoms with Crippen LogP contribution >= 0.6 is 0 Å². The van der Waals surface area contributed by atoms with E-state index in [4.69, 9.17) is 4.74 Å². The summed E-state index contributed by atoms with van der Waals surface area (Å²) >= 11 is 0. The number of anilines is 1. The molecule has 1 aromatic heterocycles. The van der Waals surface area contributed by atoms with Crippen molar-refractivity contribution in [1.29, 1.82) is 0 Å². The molecule has 18 heavy (non-hydrogen) atoms. The van der Waals surface area contributed by atoms with Crippen molar-refractivity contribution in [2.45, 2.75) is 46.0 Å². The lowest BCUT2D eigenvalue weighted by atomic mass is 10.1. The Kier molecular flexibility index (Phi) is 3.59. The molecule has 0 spiro atoms. The molecule has 0 amide bonds. The van der Waals surface area contributed by atoms with Crippen molar-refractivity contribution in [3.63, 3.8) is 0 Å². The minimum absolute atomic E-state index is 0.0552. The monoisotopic (exact) mass is 250 g/mol. The lowest BCUT2D eigenvalue weighted by Crippen LogP contribution is -2.52. The van der Waals surface area contributed by atoms with Gasteiger partial charge in [0.2, 0.25) is 0 Å². The third-order valence-corrected chi connectivity index (χ3v) is 3.08. The lowest BCUT2D eigenvalue weighted by Gasteiger charge is -2.42. The molecular weight excluding hydrogens is 228 g/mol. The highest BCUT2D eigenvalue weighted by Crippen LogP contribution is 2.25. The SMILES string of the molecule is Cc1cc(CO)cc(N2CC(C)OC(C)(C)C2)n1. The molecule has 1 aliphatic rings. The zero-order valence-corrected chi connectivity index (χ0v) is 11.6. The fourth-order valence-electron chi connectivity index (χ4n) is 2.60. The molecule has 4 nitrogen and oxygen atoms in total. The standard InChI is InChI=1S/C14H22N2O2/c1-10-5-12(8-17)6-13(15-10)16-7-11(2)18-14(3,4)9-16/h5-6,11,17H,7-9H2,1-4H3. The van der Waals surface area contributed by atoms with Crippen molar-refractivity contribution < 1.29 is 9.84 Å². The van der Waals surface area contributed by atoms with Crippen molar-refractivity contribution in [1.82, 2.24) is 4.98 Å². The minimum atomic E-state index is -0.164. The molecule has 1 atom stereocenters. The van der Waals surface area contributed by atoms with E-state index in [2.05, 4.69) is 30.7 Å². The summed E-state index contributed by atoms with van der Waals surface area (Å²) in [5, 5.41) is 9.27. The van der Waals surface area contributed by atoms with E-state index in [9.17, 15) is 5.11 Å². The van der Waals surface area contributed by atoms with E-state index >= 15 is 0 Å². The van der Waals surface area contributed by atoms with Crippen molar-refractivity contribution in [2.75, 3.05) is 18.0 Å². The van der Waals surface area contributed by atoms with Gasteiger partial charge in [0.1, 0.15) is 5.82 Å². The molecule has 1 aromatic rings. The summed E-state index contributed by atoms with van der Waals surface area (Å²) < 4.78 is 5.89. The fraction of sp³-hybridized carbons (Fsp3) is 0.643. The molecule has 2 heterocycles. The molecule has 0 bridgehead atoms. The Morgan fingerprint density at radius 3 is 2.83 bits per heavy atom. The molecular formula is C14H22N2O2. The summed E-state index contributed by atoms with van der Waals surface area (Å²) in [6, 6.07) is 3.87. The van der Waals surface area contributed by atoms with Crippen LogP contribution in [0.2, 0.25) is 0 Å². The van der Waals surface area contributed by atoms with Gasteiger partial charge in [0.15, 0.2) is 0 Å². The number of pyridine rings is 1. The van der Waals surface area contributed by atoms with E-state index in [-0.39, 0.29) is 18.3 Å². The van der Waals surface area contributed by atoms with Gasteiger partial charge in [0.25, 0.3) is 0 Å². The molecule has 1 N–H and O–H groups in total. The molecule has 0 aromatic carbocycles. The second-order valence-corrected chi connectivity index (χ2v) is 5.70. The molecule has 0 aliphatic carbocycles. The molecule has 100 valence electrons. The van der Waals surface area contributed by atoms with Gasteiger partial charge in [-0.3, -0.25) is 0 Å². The van der Waals surface area contributed by atoms with Gasteiger partial charge in [-0.15, -0.1) is 0 Å². The zero-order valence-electron chi connectivity index (χ0n) is 11.6. The van der Waals surface area contributed by atoms with Crippen LogP contribution in [0.3, 0.4) is 0 Å². The third-order valence-electron chi connectivity index (χ3n) is 3.08. The Bertz CT molecular complexity index is 432. The van der Waals surface area contributed by atoms with Crippen LogP contribution in [0.4, 0.5) is 5.82 Å². The first-order valence-electron chi connectivity index (χ1n) is 6.41. The van der Waals surface area contributed by atoms with Crippen LogP contribution in [-0.4, -0.2) is 34.9 Å². The number of hydrogen-bond acceptors (Lipinski definition) is 4. The van der Waals surface area contributed by atoms with Crippen LogP contribution in [-0.2, 0) is 11.3 Å². The summed E-state index contributed by atoms with van der Waals surface area (Å²) in [4.78, 5) is 6.80. The van der Waals surface area contributed by atoms with E-state index in [0.717, 1.165) is 30.2 Å². The predicted octanol–water partition coefficient (Wildman–Crippen LogP) is 1.89. The normalized spacial score (nSPS) is 23.2. The quantitative estimate of drug-likeness (QED) is 0.870. The largest absolute Gasteiger partial charge is 0.392 e. The Morgan fingerprint density at radius 1 is 1.50 bits per heavy atom. The molecule has 0 saturated carbocycles. The average molecular weight is 250 g/mol. The van der Waals surface area contributed by atoms with Crippen molar-refractivity contribution in [3.8, 4) is 0 Å². The van der Waals surface area contributed by atoms with E-state index in [0.29, 0.717) is 0 Å². The first-order valence-corrected chi connectivity index (χ1v) is 6.41. The van der Waals surface area contributed by atoms with Gasteiger partial charge in [-0.05, 0) is 45.4 Å². The maximum absolute atomic E-state index is 9.27. The second-order valence-electron chi connectivity index (χ2n) is 5.70. The van der Waals surface area contributed by atoms with Gasteiger partial charge in [0.05, 0.1) is 18.3 Å². The first kappa shape index (κ1) is 13.3. The van der Waals surface area contributed by atoms with Gasteiger partial charge >= 0.3 is 0 Å². The number of rotatable bonds is 2. The van der Waals surface area contributed by atoms with E-state index < -0.39 is 0 Å². The second kappa shape index (κ2) is 4.86. The number of aromatic nitrogens is 1. The van der Waals surface area contributed by atoms with Crippen LogP contribution in [0, 0.1) is 6.92 Å². The fourth-order valence-corrected chi connectivity index (χ4v) is 2.60. The predicted molar refractivity (Wildman–Crippen MR) is 71.7 cm³/mol. The summed E-state index contributed by atoms with van der Waals surface area (Å²) in [6.45, 7) is 9.94. The number of morpholine rings is 1. The Morgan fingerprint density at radius 2 is 2.22 bits per heavy atom. The van der Waals surface area contributed by atoms with Crippen LogP contribution in [0.1, 0.15) is 32.0 Å². The van der Waals surface area contributed by atoms with Gasteiger partial charge < -0.3 is 14.7 Å². The maximum atomic E-state index is 9.27. The Hall–Kier alpha value is -1.13. The molecule has 0 radical (unpaired) electrons. The van der Waals surface area contributed by atoms with Crippen molar-refractivity contribution in [3.05, 3.63) is 23.4 Å². The maximum Gasteiger partial charge on any atom is 0.129 e. The number of aryl methyl sites for hydroxylation is 1. The Balaban J connectivity index is 2.27. The molecule has 2 rings (SSSR count). The summed E-state index contributed by atoms with van der Waals surface area (Å²) in [5.41, 5.74) is 1.69. The highest BCUT2D eigenvalue weighted by Gasteiger charge is 2.32. The van der Waals surface area contributed by atoms with Crippen LogP contribution in [0.15, 0.2) is 12.1 Å². The zero-order chi connectivity index (χ0) is 13.3. The number of ether oxygens (including phenoxy) is 1. The van der Waals surface area contributed by atoms with Crippen LogP contribution in [0.25, 0.3) is 0 Å². The van der Waals surface area contributed by atoms with E-state index in [1.165, 1.54) is 0 Å². The molecule has 1 unspecified atom stereocenters. The highest BCUT2D eigenvalue weighted by molar-refractivity contribution is 5.43. The number of hydrogen-bond donors (Lipinski definition) is 1. The number of nitrogens with zero attached hydrogens (tertiary/aromatic N) is 2. The van der Waals surface area contributed by atoms with Crippen LogP contribution in [0.5, 0.6) is 0 Å². The van der Waals surface area contributed by atoms with Gasteiger partial charge in [-0.1, -0.05) is 0 Å². The summed E-state index contributed by atoms with van der Waals surface area (Å²) in [6.07, 6.45) is 0.189. The third kappa shape index (κ3) is 3.00. The van der Waals surface area contributed by atoms with E-state index in [1.54, 1.807) is 0 Å². The average Bonchev–Trinajstić information content (AvgIpc) is 2.25. The lowest BCUT2D eigenvalue weighted by molar-refractivity contribution is -0.0751. The van der Waals surface area contributed by atoms with Crippen molar-refractivity contribution >= 4 is 5.82 Å². The molecule has 1 aliphatic heterocycles. The summed E-state index contributed by atoms with van der Waals surface area (Å²) in [7, 11) is 0. The van der Waals surface area contributed by atoms with Crippen molar-refractivity contribution in [2.24, 2.45) is 0 Å².